The van der Waals surface area contributed by atoms with Crippen LogP contribution in [0, 0.1) is 11.8 Å². The molecule has 3 aliphatic rings. The van der Waals surface area contributed by atoms with E-state index in [4.69, 9.17) is 4.74 Å². The third kappa shape index (κ3) is 3.34. The van der Waals surface area contributed by atoms with Crippen LogP contribution >= 0.6 is 12.4 Å². The summed E-state index contributed by atoms with van der Waals surface area (Å²) in [5.41, 5.74) is 1.37. The van der Waals surface area contributed by atoms with Crippen molar-refractivity contribution in [3.05, 3.63) is 29.8 Å². The smallest absolute Gasteiger partial charge is 0.133 e. The first kappa shape index (κ1) is 17.8. The maximum atomic E-state index is 12.3. The molecule has 1 aliphatic heterocycles. The van der Waals surface area contributed by atoms with Gasteiger partial charge in [0.05, 0.1) is 7.11 Å². The zero-order chi connectivity index (χ0) is 15.9. The molecule has 0 amide bonds. The average molecular weight is 350 g/mol. The number of carbonyl (C=O) groups is 1. The van der Waals surface area contributed by atoms with Crippen molar-refractivity contribution >= 4 is 18.2 Å². The lowest BCUT2D eigenvalue weighted by molar-refractivity contribution is -0.125. The molecule has 3 fully saturated rings. The molecule has 0 bridgehead atoms. The Kier molecular flexibility index (Phi) is 5.22. The number of piperidine rings is 1. The molecular weight excluding hydrogens is 322 g/mol. The molecule has 0 radical (unpaired) electrons. The van der Waals surface area contributed by atoms with E-state index in [0.29, 0.717) is 11.7 Å². The molecule has 4 rings (SSSR count). The van der Waals surface area contributed by atoms with Crippen LogP contribution < -0.4 is 4.74 Å². The number of carbonyl (C=O) groups excluding carboxylic acids is 1. The van der Waals surface area contributed by atoms with Crippen LogP contribution in [-0.4, -0.2) is 37.4 Å². The highest BCUT2D eigenvalue weighted by Crippen LogP contribution is 2.49. The van der Waals surface area contributed by atoms with Gasteiger partial charge in [0, 0.05) is 31.3 Å². The molecule has 1 heterocycles. The fourth-order valence-electron chi connectivity index (χ4n) is 4.76. The maximum Gasteiger partial charge on any atom is 0.133 e. The van der Waals surface area contributed by atoms with Gasteiger partial charge in [-0.25, -0.2) is 0 Å². The van der Waals surface area contributed by atoms with Gasteiger partial charge in [-0.2, -0.15) is 0 Å². The second-order valence-corrected chi connectivity index (χ2v) is 7.79. The first-order valence-electron chi connectivity index (χ1n) is 9.08. The first-order valence-corrected chi connectivity index (χ1v) is 9.08. The molecule has 1 aromatic rings. The number of hydrogen-bond acceptors (Lipinski definition) is 3. The van der Waals surface area contributed by atoms with Gasteiger partial charge in [0.1, 0.15) is 11.5 Å². The van der Waals surface area contributed by atoms with Crippen LogP contribution in [0.4, 0.5) is 0 Å². The molecular formula is C20H28ClNO2. The molecule has 1 aromatic carbocycles. The van der Waals surface area contributed by atoms with Crippen molar-refractivity contribution in [2.24, 2.45) is 11.8 Å². The highest BCUT2D eigenvalue weighted by atomic mass is 35.5. The minimum absolute atomic E-state index is 0. The van der Waals surface area contributed by atoms with Crippen molar-refractivity contribution in [1.29, 1.82) is 0 Å². The summed E-state index contributed by atoms with van der Waals surface area (Å²) >= 11 is 0. The number of Topliss-reactive ketones (excluding diaryl/α,β-unsaturated/α-hetero) is 1. The highest BCUT2D eigenvalue weighted by Gasteiger charge is 2.48. The van der Waals surface area contributed by atoms with Crippen LogP contribution in [-0.2, 0) is 10.2 Å². The third-order valence-corrected chi connectivity index (χ3v) is 6.28. The highest BCUT2D eigenvalue weighted by molar-refractivity contribution is 5.85. The first-order chi connectivity index (χ1) is 11.2. The molecule has 0 spiro atoms. The van der Waals surface area contributed by atoms with Gasteiger partial charge >= 0.3 is 0 Å². The number of ether oxygens (including phenoxy) is 1. The van der Waals surface area contributed by atoms with E-state index in [-0.39, 0.29) is 17.8 Å². The average Bonchev–Trinajstić information content (AvgIpc) is 3.39. The van der Waals surface area contributed by atoms with Crippen molar-refractivity contribution in [3.8, 4) is 5.75 Å². The Labute approximate surface area is 151 Å². The van der Waals surface area contributed by atoms with Crippen molar-refractivity contribution in [3.63, 3.8) is 0 Å². The number of hydrogen-bond donors (Lipinski definition) is 0. The van der Waals surface area contributed by atoms with E-state index in [2.05, 4.69) is 23.1 Å². The molecule has 0 aromatic heterocycles. The maximum absolute atomic E-state index is 12.3. The standard InChI is InChI=1S/C20H27NO2.ClH/c1-23-19-4-2-3-16(11-19)20-9-10-21(13-15-5-6-15)14-17(20)7-8-18(22)12-20;/h2-4,11,15,17H,5-10,12-14H2,1H3;1H. The Bertz CT molecular complexity index is 601. The Morgan fingerprint density at radius 3 is 2.88 bits per heavy atom. The Hall–Kier alpha value is -1.06. The summed E-state index contributed by atoms with van der Waals surface area (Å²) in [7, 11) is 1.72. The van der Waals surface area contributed by atoms with Gasteiger partial charge in [0.15, 0.2) is 0 Å². The number of halogens is 1. The van der Waals surface area contributed by atoms with Crippen molar-refractivity contribution in [1.82, 2.24) is 4.90 Å². The number of rotatable bonds is 4. The largest absolute Gasteiger partial charge is 0.497 e. The number of fused-ring (bicyclic) bond motifs is 1. The van der Waals surface area contributed by atoms with E-state index in [9.17, 15) is 4.79 Å². The summed E-state index contributed by atoms with van der Waals surface area (Å²) in [5.74, 6) is 2.91. The van der Waals surface area contributed by atoms with E-state index in [0.717, 1.165) is 43.9 Å². The normalized spacial score (nSPS) is 30.4. The fourth-order valence-corrected chi connectivity index (χ4v) is 4.76. The SMILES string of the molecule is COc1cccc(C23CCN(CC4CC4)CC2CCC(=O)C3)c1.Cl. The van der Waals surface area contributed by atoms with Crippen molar-refractivity contribution in [2.45, 2.75) is 43.9 Å². The summed E-state index contributed by atoms with van der Waals surface area (Å²) in [5, 5.41) is 0. The number of benzene rings is 1. The molecule has 0 N–H and O–H groups in total. The van der Waals surface area contributed by atoms with Gasteiger partial charge in [-0.3, -0.25) is 4.79 Å². The van der Waals surface area contributed by atoms with E-state index in [1.807, 2.05) is 6.07 Å². The second kappa shape index (κ2) is 7.05. The zero-order valence-electron chi connectivity index (χ0n) is 14.5. The van der Waals surface area contributed by atoms with E-state index in [1.165, 1.54) is 31.5 Å². The molecule has 1 saturated heterocycles. The fraction of sp³-hybridized carbons (Fsp3) is 0.650. The molecule has 2 saturated carbocycles. The van der Waals surface area contributed by atoms with Crippen LogP contribution in [0.5, 0.6) is 5.75 Å². The van der Waals surface area contributed by atoms with Crippen LogP contribution in [0.2, 0.25) is 0 Å². The molecule has 2 unspecified atom stereocenters. The quantitative estimate of drug-likeness (QED) is 0.827. The zero-order valence-corrected chi connectivity index (χ0v) is 15.3. The Balaban J connectivity index is 0.00000169. The van der Waals surface area contributed by atoms with E-state index < -0.39 is 0 Å². The van der Waals surface area contributed by atoms with Crippen LogP contribution in [0.3, 0.4) is 0 Å². The lowest BCUT2D eigenvalue weighted by Gasteiger charge is -2.50. The van der Waals surface area contributed by atoms with Gasteiger partial charge in [0.2, 0.25) is 0 Å². The monoisotopic (exact) mass is 349 g/mol. The molecule has 4 heteroatoms. The van der Waals surface area contributed by atoms with Gasteiger partial charge in [0.25, 0.3) is 0 Å². The topological polar surface area (TPSA) is 29.5 Å². The van der Waals surface area contributed by atoms with Gasteiger partial charge in [-0.1, -0.05) is 12.1 Å². The molecule has 132 valence electrons. The van der Waals surface area contributed by atoms with Crippen LogP contribution in [0.15, 0.2) is 24.3 Å². The predicted molar refractivity (Wildman–Crippen MR) is 98.0 cm³/mol. The summed E-state index contributed by atoms with van der Waals surface area (Å²) in [4.78, 5) is 14.9. The number of ketones is 1. The van der Waals surface area contributed by atoms with Gasteiger partial charge in [-0.15, -0.1) is 12.4 Å². The van der Waals surface area contributed by atoms with Gasteiger partial charge in [-0.05, 0) is 61.8 Å². The number of methoxy groups -OCH3 is 1. The summed E-state index contributed by atoms with van der Waals surface area (Å²) in [6.07, 6.45) is 6.50. The predicted octanol–water partition coefficient (Wildman–Crippen LogP) is 3.84. The minimum Gasteiger partial charge on any atom is -0.497 e. The number of nitrogens with zero attached hydrogens (tertiary/aromatic N) is 1. The second-order valence-electron chi connectivity index (χ2n) is 7.79. The van der Waals surface area contributed by atoms with Crippen molar-refractivity contribution in [2.75, 3.05) is 26.7 Å². The molecule has 24 heavy (non-hydrogen) atoms. The lowest BCUT2D eigenvalue weighted by atomic mass is 9.59. The number of likely N-dealkylation sites (tertiary alicyclic amines) is 1. The summed E-state index contributed by atoms with van der Waals surface area (Å²) in [6, 6.07) is 8.46. The molecule has 2 atom stereocenters. The minimum atomic E-state index is 0. The van der Waals surface area contributed by atoms with Gasteiger partial charge < -0.3 is 9.64 Å². The van der Waals surface area contributed by atoms with Crippen LogP contribution in [0.25, 0.3) is 0 Å². The third-order valence-electron chi connectivity index (χ3n) is 6.28. The summed E-state index contributed by atoms with van der Waals surface area (Å²) < 4.78 is 5.44. The van der Waals surface area contributed by atoms with E-state index >= 15 is 0 Å². The van der Waals surface area contributed by atoms with E-state index in [1.54, 1.807) is 7.11 Å². The lowest BCUT2D eigenvalue weighted by Crippen LogP contribution is -2.53. The Morgan fingerprint density at radius 1 is 1.29 bits per heavy atom. The Morgan fingerprint density at radius 2 is 2.12 bits per heavy atom. The molecule has 3 nitrogen and oxygen atoms in total. The summed E-state index contributed by atoms with van der Waals surface area (Å²) in [6.45, 7) is 3.58. The molecule has 2 aliphatic carbocycles. The van der Waals surface area contributed by atoms with Crippen molar-refractivity contribution < 1.29 is 9.53 Å². The van der Waals surface area contributed by atoms with Crippen LogP contribution in [0.1, 0.15) is 44.1 Å².